The maximum Gasteiger partial charge on any atom is 0.336 e. The Morgan fingerprint density at radius 1 is 1.24 bits per heavy atom. The lowest BCUT2D eigenvalue weighted by molar-refractivity contribution is -0.111. The second-order valence-corrected chi connectivity index (χ2v) is 6.82. The molecule has 2 fully saturated rings. The van der Waals surface area contributed by atoms with Crippen molar-refractivity contribution in [3.63, 3.8) is 0 Å². The lowest BCUT2D eigenvalue weighted by atomic mass is 9.99. The summed E-state index contributed by atoms with van der Waals surface area (Å²) in [5, 5.41) is 10.8. The van der Waals surface area contributed by atoms with Gasteiger partial charge in [0.25, 0.3) is 0 Å². The van der Waals surface area contributed by atoms with E-state index in [1.165, 1.54) is 0 Å². The fourth-order valence-electron chi connectivity index (χ4n) is 3.89. The molecule has 0 unspecified atom stereocenters. The van der Waals surface area contributed by atoms with Crippen LogP contribution in [0.3, 0.4) is 0 Å². The zero-order valence-electron chi connectivity index (χ0n) is 14.4. The average molecular weight is 345 g/mol. The molecule has 1 N–H and O–H groups in total. The van der Waals surface area contributed by atoms with Gasteiger partial charge in [0.05, 0.1) is 19.3 Å². The summed E-state index contributed by atoms with van der Waals surface area (Å²) >= 11 is 0. The molecule has 6 heteroatoms. The maximum atomic E-state index is 12.0. The Bertz CT molecular complexity index is 824. The van der Waals surface area contributed by atoms with Gasteiger partial charge in [-0.2, -0.15) is 0 Å². The normalized spacial score (nSPS) is 22.7. The summed E-state index contributed by atoms with van der Waals surface area (Å²) in [6, 6.07) is 5.23. The summed E-state index contributed by atoms with van der Waals surface area (Å²) in [4.78, 5) is 14.4. The molecule has 134 valence electrons. The van der Waals surface area contributed by atoms with Crippen LogP contribution in [-0.2, 0) is 16.0 Å². The number of nitrogens with zero attached hydrogens (tertiary/aromatic N) is 1. The number of piperidine rings is 1. The van der Waals surface area contributed by atoms with Crippen LogP contribution in [0.4, 0.5) is 0 Å². The first-order chi connectivity index (χ1) is 12.1. The molecule has 2 aliphatic rings. The van der Waals surface area contributed by atoms with E-state index in [2.05, 4.69) is 4.90 Å². The number of hydrogen-bond acceptors (Lipinski definition) is 6. The number of ether oxygens (including phenoxy) is 2. The number of phenols is 1. The summed E-state index contributed by atoms with van der Waals surface area (Å²) in [7, 11) is 0. The van der Waals surface area contributed by atoms with Crippen molar-refractivity contribution >= 4 is 11.0 Å². The Hall–Kier alpha value is -1.89. The molecule has 6 nitrogen and oxygen atoms in total. The monoisotopic (exact) mass is 345 g/mol. The van der Waals surface area contributed by atoms with Crippen LogP contribution in [0.5, 0.6) is 5.75 Å². The van der Waals surface area contributed by atoms with Gasteiger partial charge in [0, 0.05) is 23.6 Å². The van der Waals surface area contributed by atoms with E-state index in [4.69, 9.17) is 13.9 Å². The molecule has 1 aromatic heterocycles. The predicted molar refractivity (Wildman–Crippen MR) is 92.6 cm³/mol. The minimum absolute atomic E-state index is 0.136. The van der Waals surface area contributed by atoms with Crippen LogP contribution in [0, 0.1) is 6.92 Å². The van der Waals surface area contributed by atoms with E-state index in [-0.39, 0.29) is 18.1 Å². The first kappa shape index (κ1) is 16.6. The SMILES string of the molecule is Cc1c(O)ccc2c(CN3CCCC[C@H]3C3OCCO3)cc(=O)oc12. The summed E-state index contributed by atoms with van der Waals surface area (Å²) in [5.74, 6) is 0.136. The molecule has 25 heavy (non-hydrogen) atoms. The van der Waals surface area contributed by atoms with Crippen molar-refractivity contribution in [1.29, 1.82) is 0 Å². The number of hydrogen-bond donors (Lipinski definition) is 1. The van der Waals surface area contributed by atoms with E-state index < -0.39 is 5.63 Å². The largest absolute Gasteiger partial charge is 0.508 e. The second-order valence-electron chi connectivity index (χ2n) is 6.82. The van der Waals surface area contributed by atoms with Gasteiger partial charge in [-0.25, -0.2) is 4.79 Å². The fourth-order valence-corrected chi connectivity index (χ4v) is 3.89. The fraction of sp³-hybridized carbons (Fsp3) is 0.526. The zero-order chi connectivity index (χ0) is 17.4. The van der Waals surface area contributed by atoms with E-state index in [0.717, 1.165) is 36.8 Å². The third kappa shape index (κ3) is 3.17. The molecule has 3 heterocycles. The molecule has 4 rings (SSSR count). The number of likely N-dealkylation sites (tertiary alicyclic amines) is 1. The van der Waals surface area contributed by atoms with Crippen LogP contribution >= 0.6 is 0 Å². The minimum Gasteiger partial charge on any atom is -0.508 e. The summed E-state index contributed by atoms with van der Waals surface area (Å²) < 4.78 is 16.8. The van der Waals surface area contributed by atoms with Gasteiger partial charge in [-0.15, -0.1) is 0 Å². The Morgan fingerprint density at radius 2 is 2.04 bits per heavy atom. The quantitative estimate of drug-likeness (QED) is 0.862. The average Bonchev–Trinajstić information content (AvgIpc) is 3.13. The van der Waals surface area contributed by atoms with Crippen molar-refractivity contribution in [3.05, 3.63) is 39.7 Å². The molecule has 0 radical (unpaired) electrons. The van der Waals surface area contributed by atoms with Crippen molar-refractivity contribution < 1.29 is 19.0 Å². The Balaban J connectivity index is 1.69. The number of fused-ring (bicyclic) bond motifs is 1. The lowest BCUT2D eigenvalue weighted by Gasteiger charge is -2.38. The smallest absolute Gasteiger partial charge is 0.336 e. The highest BCUT2D eigenvalue weighted by molar-refractivity contribution is 5.84. The van der Waals surface area contributed by atoms with Gasteiger partial charge in [-0.05, 0) is 44.0 Å². The number of aromatic hydroxyl groups is 1. The molecule has 0 bridgehead atoms. The Morgan fingerprint density at radius 3 is 2.84 bits per heavy atom. The van der Waals surface area contributed by atoms with Crippen molar-refractivity contribution in [3.8, 4) is 5.75 Å². The van der Waals surface area contributed by atoms with Gasteiger partial charge in [-0.1, -0.05) is 6.42 Å². The lowest BCUT2D eigenvalue weighted by Crippen LogP contribution is -2.46. The van der Waals surface area contributed by atoms with Crippen molar-refractivity contribution in [2.75, 3.05) is 19.8 Å². The van der Waals surface area contributed by atoms with Crippen molar-refractivity contribution in [2.45, 2.75) is 45.1 Å². The van der Waals surface area contributed by atoms with Gasteiger partial charge < -0.3 is 19.0 Å². The maximum absolute atomic E-state index is 12.0. The number of phenolic OH excluding ortho intramolecular Hbond substituents is 1. The van der Waals surface area contributed by atoms with Crippen molar-refractivity contribution in [2.24, 2.45) is 0 Å². The molecule has 0 aliphatic carbocycles. The van der Waals surface area contributed by atoms with E-state index in [1.807, 2.05) is 6.07 Å². The summed E-state index contributed by atoms with van der Waals surface area (Å²) in [6.45, 7) is 4.64. The molecular formula is C19H23NO5. The third-order valence-corrected chi connectivity index (χ3v) is 5.22. The molecule has 1 atom stereocenters. The molecule has 0 amide bonds. The number of rotatable bonds is 3. The van der Waals surface area contributed by atoms with Crippen LogP contribution in [0.25, 0.3) is 11.0 Å². The van der Waals surface area contributed by atoms with Crippen LogP contribution in [-0.4, -0.2) is 42.1 Å². The van der Waals surface area contributed by atoms with Crippen LogP contribution in [0.1, 0.15) is 30.4 Å². The van der Waals surface area contributed by atoms with Gasteiger partial charge in [0.15, 0.2) is 6.29 Å². The molecule has 0 spiro atoms. The van der Waals surface area contributed by atoms with Gasteiger partial charge in [-0.3, -0.25) is 4.90 Å². The van der Waals surface area contributed by atoms with Crippen LogP contribution < -0.4 is 5.63 Å². The topological polar surface area (TPSA) is 72.1 Å². The number of benzene rings is 1. The first-order valence-corrected chi connectivity index (χ1v) is 8.86. The van der Waals surface area contributed by atoms with Crippen molar-refractivity contribution in [1.82, 2.24) is 4.90 Å². The Kier molecular flexibility index (Phi) is 4.50. The molecule has 2 saturated heterocycles. The predicted octanol–water partition coefficient (Wildman–Crippen LogP) is 2.53. The standard InChI is InChI=1S/C19H23NO5/c1-12-16(21)6-5-14-13(10-17(22)25-18(12)14)11-20-7-3-2-4-15(20)19-23-8-9-24-19/h5-6,10,15,19,21H,2-4,7-9,11H2,1H3/t15-/m0/s1. The minimum atomic E-state index is -0.391. The van der Waals surface area contributed by atoms with E-state index in [9.17, 15) is 9.90 Å². The van der Waals surface area contributed by atoms with Gasteiger partial charge in [0.1, 0.15) is 11.3 Å². The van der Waals surface area contributed by atoms with E-state index >= 15 is 0 Å². The van der Waals surface area contributed by atoms with Gasteiger partial charge >= 0.3 is 5.63 Å². The Labute approximate surface area is 145 Å². The summed E-state index contributed by atoms with van der Waals surface area (Å²) in [5.41, 5.74) is 1.58. The van der Waals surface area contributed by atoms with E-state index in [1.54, 1.807) is 19.1 Å². The van der Waals surface area contributed by atoms with E-state index in [0.29, 0.717) is 30.9 Å². The highest BCUT2D eigenvalue weighted by atomic mass is 16.7. The first-order valence-electron chi connectivity index (χ1n) is 8.86. The molecule has 1 aromatic carbocycles. The molecule has 0 saturated carbocycles. The zero-order valence-corrected chi connectivity index (χ0v) is 14.4. The van der Waals surface area contributed by atoms with Gasteiger partial charge in [0.2, 0.25) is 0 Å². The van der Waals surface area contributed by atoms with Crippen LogP contribution in [0.2, 0.25) is 0 Å². The summed E-state index contributed by atoms with van der Waals surface area (Å²) in [6.07, 6.45) is 3.14. The second kappa shape index (κ2) is 6.78. The molecular weight excluding hydrogens is 322 g/mol. The highest BCUT2D eigenvalue weighted by Gasteiger charge is 2.34. The third-order valence-electron chi connectivity index (χ3n) is 5.22. The molecule has 2 aliphatic heterocycles. The number of aryl methyl sites for hydroxylation is 1. The highest BCUT2D eigenvalue weighted by Crippen LogP contribution is 2.30. The molecule has 2 aromatic rings. The van der Waals surface area contributed by atoms with Crippen LogP contribution in [0.15, 0.2) is 27.4 Å².